The Labute approximate surface area is 258 Å². The molecule has 3 heterocycles. The second-order valence-corrected chi connectivity index (χ2v) is 12.0. The molecule has 0 fully saturated rings. The van der Waals surface area contributed by atoms with Crippen LogP contribution in [-0.2, 0) is 0 Å². The van der Waals surface area contributed by atoms with Crippen molar-refractivity contribution in [2.45, 2.75) is 0 Å². The van der Waals surface area contributed by atoms with E-state index in [-0.39, 0.29) is 0 Å². The summed E-state index contributed by atoms with van der Waals surface area (Å²) in [4.78, 5) is 11.4. The smallest absolute Gasteiger partial charge is 0.161 e. The van der Waals surface area contributed by atoms with Gasteiger partial charge in [-0.1, -0.05) is 115 Å². The van der Waals surface area contributed by atoms with Gasteiger partial charge in [0.05, 0.1) is 16.7 Å². The van der Waals surface area contributed by atoms with E-state index in [0.717, 1.165) is 44.1 Å². The lowest BCUT2D eigenvalue weighted by Gasteiger charge is -2.10. The molecule has 4 heteroatoms. The molecule has 0 saturated heterocycles. The van der Waals surface area contributed by atoms with Crippen LogP contribution in [0.4, 0.5) is 0 Å². The van der Waals surface area contributed by atoms with Gasteiger partial charge in [0.2, 0.25) is 0 Å². The highest BCUT2D eigenvalue weighted by Gasteiger charge is 2.19. The van der Waals surface area contributed by atoms with Crippen LogP contribution in [0.25, 0.3) is 81.6 Å². The number of benzene rings is 6. The van der Waals surface area contributed by atoms with Crippen LogP contribution < -0.4 is 0 Å². The van der Waals surface area contributed by atoms with Crippen LogP contribution in [0.5, 0.6) is 0 Å². The summed E-state index contributed by atoms with van der Waals surface area (Å²) in [5.74, 6) is 0.739. The summed E-state index contributed by atoms with van der Waals surface area (Å²) >= 11 is 1.73. The van der Waals surface area contributed by atoms with E-state index in [2.05, 4.69) is 150 Å². The SMILES string of the molecule is c1ccc(-c2nc(-c3cccc(-c4cccc5c4c4ccccc4n5-c4ccccc4)c3)nc3sc4ccccc4c23)cc1. The van der Waals surface area contributed by atoms with Crippen molar-refractivity contribution in [3.8, 4) is 39.5 Å². The van der Waals surface area contributed by atoms with Gasteiger partial charge < -0.3 is 4.57 Å². The quantitative estimate of drug-likeness (QED) is 0.208. The molecule has 0 spiro atoms. The van der Waals surface area contributed by atoms with Crippen molar-refractivity contribution in [3.05, 3.63) is 152 Å². The molecule has 206 valence electrons. The molecule has 3 aromatic heterocycles. The minimum Gasteiger partial charge on any atom is -0.309 e. The maximum absolute atomic E-state index is 5.25. The fourth-order valence-electron chi connectivity index (χ4n) is 6.50. The molecule has 0 amide bonds. The first-order chi connectivity index (χ1) is 21.8. The number of thiophene rings is 1. The van der Waals surface area contributed by atoms with Crippen LogP contribution in [0, 0.1) is 0 Å². The number of rotatable bonds is 4. The Morgan fingerprint density at radius 3 is 2.00 bits per heavy atom. The first-order valence-corrected chi connectivity index (χ1v) is 15.6. The summed E-state index contributed by atoms with van der Waals surface area (Å²) in [6.07, 6.45) is 0. The summed E-state index contributed by atoms with van der Waals surface area (Å²) in [6, 6.07) is 53.6. The Balaban J connectivity index is 1.27. The van der Waals surface area contributed by atoms with E-state index in [1.165, 1.54) is 37.5 Å². The van der Waals surface area contributed by atoms with E-state index in [4.69, 9.17) is 9.97 Å². The standard InChI is InChI=1S/C40H25N3S/c1-3-13-26(14-4-1)38-37-32-20-8-10-24-35(32)44-40(37)42-39(41-38)28-16-11-15-27(25-28)30-21-12-23-34-36(30)31-19-7-9-22-33(31)43(34)29-17-5-2-6-18-29/h1-25H. The molecule has 0 radical (unpaired) electrons. The fraction of sp³-hybridized carbons (Fsp3) is 0. The second-order valence-electron chi connectivity index (χ2n) is 11.0. The largest absolute Gasteiger partial charge is 0.309 e. The molecular weight excluding hydrogens is 555 g/mol. The lowest BCUT2D eigenvalue weighted by atomic mass is 9.97. The van der Waals surface area contributed by atoms with Crippen molar-refractivity contribution < 1.29 is 0 Å². The maximum Gasteiger partial charge on any atom is 0.161 e. The Hall–Kier alpha value is -5.58. The number of hydrogen-bond donors (Lipinski definition) is 0. The topological polar surface area (TPSA) is 30.7 Å². The van der Waals surface area contributed by atoms with Crippen LogP contribution in [0.2, 0.25) is 0 Å². The Kier molecular flexibility index (Phi) is 5.68. The molecule has 0 atom stereocenters. The molecule has 0 aliphatic carbocycles. The highest BCUT2D eigenvalue weighted by molar-refractivity contribution is 7.25. The van der Waals surface area contributed by atoms with E-state index in [1.807, 2.05) is 6.07 Å². The van der Waals surface area contributed by atoms with Gasteiger partial charge in [-0.15, -0.1) is 11.3 Å². The van der Waals surface area contributed by atoms with Crippen molar-refractivity contribution in [1.82, 2.24) is 14.5 Å². The molecule has 0 saturated carbocycles. The molecule has 3 nitrogen and oxygen atoms in total. The summed E-state index contributed by atoms with van der Waals surface area (Å²) in [7, 11) is 0. The van der Waals surface area contributed by atoms with E-state index in [0.29, 0.717) is 0 Å². The monoisotopic (exact) mass is 579 g/mol. The minimum atomic E-state index is 0.739. The van der Waals surface area contributed by atoms with E-state index >= 15 is 0 Å². The van der Waals surface area contributed by atoms with Gasteiger partial charge >= 0.3 is 0 Å². The van der Waals surface area contributed by atoms with E-state index in [1.54, 1.807) is 11.3 Å². The van der Waals surface area contributed by atoms with Gasteiger partial charge in [0.1, 0.15) is 4.83 Å². The first-order valence-electron chi connectivity index (χ1n) is 14.8. The zero-order valence-electron chi connectivity index (χ0n) is 23.7. The molecule has 0 bridgehead atoms. The minimum absolute atomic E-state index is 0.739. The molecule has 6 aromatic carbocycles. The van der Waals surface area contributed by atoms with Gasteiger partial charge in [-0.3, -0.25) is 0 Å². The third-order valence-electron chi connectivity index (χ3n) is 8.43. The second kappa shape index (κ2) is 10.0. The van der Waals surface area contributed by atoms with Crippen molar-refractivity contribution >= 4 is 53.4 Å². The zero-order chi connectivity index (χ0) is 29.0. The Bertz CT molecular complexity index is 2490. The predicted octanol–water partition coefficient (Wildman–Crippen LogP) is 10.9. The lowest BCUT2D eigenvalue weighted by molar-refractivity contribution is 1.18. The molecular formula is C40H25N3S. The number of para-hydroxylation sites is 2. The van der Waals surface area contributed by atoms with Crippen molar-refractivity contribution in [2.75, 3.05) is 0 Å². The average molecular weight is 580 g/mol. The predicted molar refractivity (Wildman–Crippen MR) is 186 cm³/mol. The molecule has 0 aliphatic rings. The highest BCUT2D eigenvalue weighted by atomic mass is 32.1. The molecule has 0 unspecified atom stereocenters. The number of nitrogens with zero attached hydrogens (tertiary/aromatic N) is 3. The number of fused-ring (bicyclic) bond motifs is 6. The summed E-state index contributed by atoms with van der Waals surface area (Å²) < 4.78 is 3.59. The average Bonchev–Trinajstić information content (AvgIpc) is 3.64. The van der Waals surface area contributed by atoms with Crippen molar-refractivity contribution in [3.63, 3.8) is 0 Å². The summed E-state index contributed by atoms with van der Waals surface area (Å²) in [5.41, 5.74) is 8.96. The number of aromatic nitrogens is 3. The molecule has 9 rings (SSSR count). The first kappa shape index (κ1) is 25.0. The van der Waals surface area contributed by atoms with Crippen molar-refractivity contribution in [2.24, 2.45) is 0 Å². The molecule has 44 heavy (non-hydrogen) atoms. The lowest BCUT2D eigenvalue weighted by Crippen LogP contribution is -1.94. The normalized spacial score (nSPS) is 11.6. The third kappa shape index (κ3) is 3.89. The molecule has 0 N–H and O–H groups in total. The van der Waals surface area contributed by atoms with Crippen molar-refractivity contribution in [1.29, 1.82) is 0 Å². The van der Waals surface area contributed by atoms with Crippen LogP contribution in [0.15, 0.2) is 152 Å². The van der Waals surface area contributed by atoms with E-state index < -0.39 is 0 Å². The Morgan fingerprint density at radius 2 is 1.14 bits per heavy atom. The Morgan fingerprint density at radius 1 is 0.477 bits per heavy atom. The highest BCUT2D eigenvalue weighted by Crippen LogP contribution is 2.41. The van der Waals surface area contributed by atoms with Gasteiger partial charge in [-0.25, -0.2) is 9.97 Å². The van der Waals surface area contributed by atoms with Crippen LogP contribution in [-0.4, -0.2) is 14.5 Å². The van der Waals surface area contributed by atoms with Crippen LogP contribution in [0.1, 0.15) is 0 Å². The van der Waals surface area contributed by atoms with Gasteiger partial charge in [0.15, 0.2) is 5.82 Å². The molecule has 0 aliphatic heterocycles. The van der Waals surface area contributed by atoms with Gasteiger partial charge in [-0.2, -0.15) is 0 Å². The summed E-state index contributed by atoms with van der Waals surface area (Å²) in [6.45, 7) is 0. The number of hydrogen-bond acceptors (Lipinski definition) is 3. The maximum atomic E-state index is 5.25. The third-order valence-corrected chi connectivity index (χ3v) is 9.49. The summed E-state index contributed by atoms with van der Waals surface area (Å²) in [5, 5.41) is 4.81. The van der Waals surface area contributed by atoms with E-state index in [9.17, 15) is 0 Å². The zero-order valence-corrected chi connectivity index (χ0v) is 24.5. The van der Waals surface area contributed by atoms with Gasteiger partial charge in [0.25, 0.3) is 0 Å². The molecule has 9 aromatic rings. The van der Waals surface area contributed by atoms with Crippen LogP contribution >= 0.6 is 11.3 Å². The fourth-order valence-corrected chi connectivity index (χ4v) is 7.57. The van der Waals surface area contributed by atoms with Crippen LogP contribution in [0.3, 0.4) is 0 Å². The van der Waals surface area contributed by atoms with Gasteiger partial charge in [0, 0.05) is 43.1 Å². The van der Waals surface area contributed by atoms with Gasteiger partial charge in [-0.05, 0) is 47.5 Å².